The van der Waals surface area contributed by atoms with Gasteiger partial charge in [-0.25, -0.2) is 0 Å². The highest BCUT2D eigenvalue weighted by molar-refractivity contribution is 7.13. The third-order valence-electron chi connectivity index (χ3n) is 6.55. The number of carboxylic acid groups (broad SMARTS) is 2. The molecule has 1 aliphatic rings. The van der Waals surface area contributed by atoms with Crippen LogP contribution in [0.5, 0.6) is 5.75 Å². The van der Waals surface area contributed by atoms with Gasteiger partial charge in [0.25, 0.3) is 0 Å². The van der Waals surface area contributed by atoms with E-state index in [1.54, 1.807) is 19.4 Å². The summed E-state index contributed by atoms with van der Waals surface area (Å²) in [6.45, 7) is 2.72. The lowest BCUT2D eigenvalue weighted by Gasteiger charge is -2.38. The van der Waals surface area contributed by atoms with Crippen molar-refractivity contribution >= 4 is 50.3 Å². The highest BCUT2D eigenvalue weighted by Gasteiger charge is 2.33. The van der Waals surface area contributed by atoms with Crippen molar-refractivity contribution in [3.05, 3.63) is 54.2 Å². The zero-order valence-electron chi connectivity index (χ0n) is 19.3. The fourth-order valence-electron chi connectivity index (χ4n) is 4.83. The second kappa shape index (κ2) is 9.55. The molecular formula is C25H26N4O5S. The molecule has 5 rings (SSSR count). The molecule has 0 radical (unpaired) electrons. The molecule has 2 aromatic carbocycles. The van der Waals surface area contributed by atoms with E-state index >= 15 is 0 Å². The summed E-state index contributed by atoms with van der Waals surface area (Å²) in [4.78, 5) is 27.9. The Bertz CT molecular complexity index is 1390. The molecule has 0 spiro atoms. The Morgan fingerprint density at radius 2 is 1.86 bits per heavy atom. The van der Waals surface area contributed by atoms with Gasteiger partial charge in [0.1, 0.15) is 17.6 Å². The maximum atomic E-state index is 12.6. The van der Waals surface area contributed by atoms with Gasteiger partial charge in [0, 0.05) is 60.8 Å². The van der Waals surface area contributed by atoms with Gasteiger partial charge in [-0.3, -0.25) is 14.5 Å². The van der Waals surface area contributed by atoms with E-state index in [1.165, 1.54) is 11.5 Å². The fraction of sp³-hybridized carbons (Fsp3) is 0.320. The van der Waals surface area contributed by atoms with Crippen molar-refractivity contribution in [3.63, 3.8) is 0 Å². The van der Waals surface area contributed by atoms with E-state index in [9.17, 15) is 14.7 Å². The van der Waals surface area contributed by atoms with Gasteiger partial charge in [-0.2, -0.15) is 4.37 Å². The summed E-state index contributed by atoms with van der Waals surface area (Å²) in [6.07, 6.45) is 1.74. The van der Waals surface area contributed by atoms with Crippen LogP contribution in [-0.2, 0) is 16.1 Å². The first kappa shape index (κ1) is 23.1. The summed E-state index contributed by atoms with van der Waals surface area (Å²) < 4.78 is 13.0. The van der Waals surface area contributed by atoms with Crippen molar-refractivity contribution < 1.29 is 24.5 Å². The topological polar surface area (TPSA) is 108 Å². The molecule has 1 saturated heterocycles. The number of rotatable bonds is 8. The van der Waals surface area contributed by atoms with Crippen molar-refractivity contribution in [3.8, 4) is 5.75 Å². The number of carbonyl (C=O) groups is 2. The number of hydrogen-bond donors (Lipinski definition) is 2. The molecule has 35 heavy (non-hydrogen) atoms. The minimum Gasteiger partial charge on any atom is -0.497 e. The third-order valence-corrected chi connectivity index (χ3v) is 7.37. The normalized spacial score (nSPS) is 15.5. The Kier molecular flexibility index (Phi) is 6.31. The Morgan fingerprint density at radius 3 is 2.57 bits per heavy atom. The van der Waals surface area contributed by atoms with Gasteiger partial charge in [-0.1, -0.05) is 12.1 Å². The predicted molar refractivity (Wildman–Crippen MR) is 135 cm³/mol. The maximum absolute atomic E-state index is 12.6. The number of hydrogen-bond acceptors (Lipinski definition) is 7. The molecule has 0 saturated carbocycles. The van der Waals surface area contributed by atoms with Gasteiger partial charge in [0.2, 0.25) is 0 Å². The van der Waals surface area contributed by atoms with Crippen LogP contribution in [0.2, 0.25) is 0 Å². The number of benzene rings is 2. The number of ether oxygens (including phenoxy) is 1. The smallest absolute Gasteiger partial charge is 0.325 e. The third kappa shape index (κ3) is 4.42. The lowest BCUT2D eigenvalue weighted by molar-refractivity contribution is -0.143. The van der Waals surface area contributed by atoms with E-state index in [2.05, 4.69) is 21.4 Å². The lowest BCUT2D eigenvalue weighted by atomic mass is 10.0. The molecule has 9 nitrogen and oxygen atoms in total. The number of anilines is 1. The van der Waals surface area contributed by atoms with Crippen LogP contribution in [0.25, 0.3) is 21.0 Å². The summed E-state index contributed by atoms with van der Waals surface area (Å²) in [5.41, 5.74) is 1.44. The standard InChI is InChI=1S/C25H26N4O5S/c1-34-16-6-7-20-18(14-16)19(15-29(20)9-8-22(30)31)23(25(32)33)27-10-12-28(13-11-27)24-17-4-2-3-5-21(17)35-26-24/h2-7,14-15,23H,8-13H2,1H3,(H,30,31)(H,32,33)/t23-/m0/s1. The zero-order valence-corrected chi connectivity index (χ0v) is 20.1. The van der Waals surface area contributed by atoms with Crippen molar-refractivity contribution in [1.29, 1.82) is 0 Å². The van der Waals surface area contributed by atoms with Gasteiger partial charge in [-0.05, 0) is 41.9 Å². The number of methoxy groups -OCH3 is 1. The van der Waals surface area contributed by atoms with Crippen molar-refractivity contribution in [2.24, 2.45) is 0 Å². The average molecular weight is 495 g/mol. The lowest BCUT2D eigenvalue weighted by Crippen LogP contribution is -2.49. The number of piperazine rings is 1. The van der Waals surface area contributed by atoms with Crippen LogP contribution in [0.3, 0.4) is 0 Å². The summed E-state index contributed by atoms with van der Waals surface area (Å²) in [5, 5.41) is 21.3. The van der Waals surface area contributed by atoms with Gasteiger partial charge in [0.15, 0.2) is 0 Å². The number of carboxylic acids is 2. The first-order valence-electron chi connectivity index (χ1n) is 11.4. The summed E-state index contributed by atoms with van der Waals surface area (Å²) >= 11 is 1.47. The fourth-order valence-corrected chi connectivity index (χ4v) is 5.62. The molecule has 0 amide bonds. The van der Waals surface area contributed by atoms with Crippen LogP contribution in [0.15, 0.2) is 48.7 Å². The van der Waals surface area contributed by atoms with Crippen molar-refractivity contribution in [1.82, 2.24) is 13.8 Å². The summed E-state index contributed by atoms with van der Waals surface area (Å²) in [6, 6.07) is 12.8. The second-order valence-electron chi connectivity index (χ2n) is 8.57. The maximum Gasteiger partial charge on any atom is 0.325 e. The van der Waals surface area contributed by atoms with Crippen LogP contribution in [-0.4, -0.2) is 69.3 Å². The van der Waals surface area contributed by atoms with Crippen molar-refractivity contribution in [2.75, 3.05) is 38.2 Å². The van der Waals surface area contributed by atoms with E-state index in [-0.39, 0.29) is 13.0 Å². The summed E-state index contributed by atoms with van der Waals surface area (Å²) in [7, 11) is 1.57. The minimum atomic E-state index is -0.933. The number of aryl methyl sites for hydroxylation is 1. The predicted octanol–water partition coefficient (Wildman–Crippen LogP) is 3.68. The number of aromatic nitrogens is 2. The van der Waals surface area contributed by atoms with Crippen LogP contribution >= 0.6 is 11.5 Å². The van der Waals surface area contributed by atoms with Crippen molar-refractivity contribution in [2.45, 2.75) is 19.0 Å². The largest absolute Gasteiger partial charge is 0.497 e. The van der Waals surface area contributed by atoms with E-state index in [0.29, 0.717) is 37.5 Å². The van der Waals surface area contributed by atoms with Gasteiger partial charge in [0.05, 0.1) is 18.2 Å². The molecule has 1 atom stereocenters. The Balaban J connectivity index is 1.44. The van der Waals surface area contributed by atoms with E-state index < -0.39 is 18.0 Å². The molecule has 1 fully saturated rings. The first-order chi connectivity index (χ1) is 17.0. The Morgan fingerprint density at radius 1 is 1.09 bits per heavy atom. The van der Waals surface area contributed by atoms with Crippen LogP contribution in [0.1, 0.15) is 18.0 Å². The SMILES string of the molecule is COc1ccc2c(c1)c([C@@H](C(=O)O)N1CCN(c3nsc4ccccc34)CC1)cn2CCC(=O)O. The minimum absolute atomic E-state index is 0.0484. The van der Waals surface area contributed by atoms with E-state index in [1.807, 2.05) is 33.7 Å². The number of nitrogens with zero attached hydrogens (tertiary/aromatic N) is 4. The molecule has 3 heterocycles. The van der Waals surface area contributed by atoms with Crippen LogP contribution in [0.4, 0.5) is 5.82 Å². The molecule has 1 aliphatic heterocycles. The molecule has 2 aromatic heterocycles. The number of fused-ring (bicyclic) bond motifs is 2. The molecule has 0 unspecified atom stereocenters. The molecule has 0 bridgehead atoms. The average Bonchev–Trinajstić information content (AvgIpc) is 3.45. The highest BCUT2D eigenvalue weighted by Crippen LogP contribution is 2.35. The van der Waals surface area contributed by atoms with Gasteiger partial charge in [-0.15, -0.1) is 0 Å². The van der Waals surface area contributed by atoms with Gasteiger partial charge < -0.3 is 24.4 Å². The van der Waals surface area contributed by atoms with E-state index in [0.717, 1.165) is 26.8 Å². The highest BCUT2D eigenvalue weighted by atomic mass is 32.1. The summed E-state index contributed by atoms with van der Waals surface area (Å²) in [5.74, 6) is -0.258. The van der Waals surface area contributed by atoms with Gasteiger partial charge >= 0.3 is 11.9 Å². The molecular weight excluding hydrogens is 468 g/mol. The van der Waals surface area contributed by atoms with Crippen LogP contribution < -0.4 is 9.64 Å². The Labute approximate surface area is 205 Å². The molecule has 4 aromatic rings. The quantitative estimate of drug-likeness (QED) is 0.382. The second-order valence-corrected chi connectivity index (χ2v) is 9.38. The number of aliphatic carboxylic acids is 2. The Hall–Kier alpha value is -3.63. The molecule has 0 aliphatic carbocycles. The monoisotopic (exact) mass is 494 g/mol. The molecule has 10 heteroatoms. The molecule has 2 N–H and O–H groups in total. The molecule has 182 valence electrons. The first-order valence-corrected chi connectivity index (χ1v) is 12.2. The van der Waals surface area contributed by atoms with E-state index in [4.69, 9.17) is 9.84 Å². The van der Waals surface area contributed by atoms with Crippen LogP contribution in [0, 0.1) is 0 Å². The zero-order chi connectivity index (χ0) is 24.5.